The van der Waals surface area contributed by atoms with E-state index in [2.05, 4.69) is 28.7 Å². The first-order valence-corrected chi connectivity index (χ1v) is 5.75. The molecule has 1 unspecified atom stereocenters. The molecule has 0 fully saturated rings. The van der Waals surface area contributed by atoms with Gasteiger partial charge in [0, 0.05) is 29.6 Å². The second-order valence-corrected chi connectivity index (χ2v) is 4.47. The zero-order valence-electron chi connectivity index (χ0n) is 8.42. The van der Waals surface area contributed by atoms with Crippen molar-refractivity contribution in [3.63, 3.8) is 0 Å². The highest BCUT2D eigenvalue weighted by molar-refractivity contribution is 7.99. The van der Waals surface area contributed by atoms with Crippen molar-refractivity contribution in [2.24, 2.45) is 0 Å². The fraction of sp³-hybridized carbons (Fsp3) is 0.667. The molecule has 0 aliphatic heterocycles. The minimum Gasteiger partial charge on any atom is -0.311 e. The molecule has 1 atom stereocenters. The lowest BCUT2D eigenvalue weighted by Crippen LogP contribution is -2.22. The Labute approximate surface area is 83.7 Å². The van der Waals surface area contributed by atoms with E-state index >= 15 is 0 Å². The number of nitrogens with zero attached hydrogens (tertiary/aromatic N) is 1. The van der Waals surface area contributed by atoms with E-state index in [4.69, 9.17) is 0 Å². The molecule has 0 spiro atoms. The van der Waals surface area contributed by atoms with Crippen LogP contribution in [0.4, 0.5) is 0 Å². The van der Waals surface area contributed by atoms with Crippen LogP contribution in [0.3, 0.4) is 0 Å². The number of aromatic amines is 1. The minimum absolute atomic E-state index is 0.673. The molecule has 0 radical (unpaired) electrons. The van der Waals surface area contributed by atoms with E-state index in [0.717, 1.165) is 18.8 Å². The maximum Gasteiger partial charge on any atom is 0.0535 e. The van der Waals surface area contributed by atoms with Gasteiger partial charge >= 0.3 is 0 Å². The Bertz CT molecular complexity index is 247. The van der Waals surface area contributed by atoms with Crippen LogP contribution >= 0.6 is 11.8 Å². The Hall–Kier alpha value is -0.480. The van der Waals surface area contributed by atoms with E-state index in [9.17, 15) is 0 Å². The third-order valence-corrected chi connectivity index (χ3v) is 3.06. The molecular weight excluding hydrogens is 182 g/mol. The van der Waals surface area contributed by atoms with E-state index in [-0.39, 0.29) is 0 Å². The predicted molar refractivity (Wildman–Crippen MR) is 58.0 cm³/mol. The van der Waals surface area contributed by atoms with Gasteiger partial charge < -0.3 is 5.32 Å². The number of nitrogens with one attached hydrogen (secondary N) is 2. The normalized spacial score (nSPS) is 13.2. The summed E-state index contributed by atoms with van der Waals surface area (Å²) in [5.74, 6) is 0. The standard InChI is InChI=1S/C9H17N3S/c1-7(13-3)4-10-5-9-6-11-12-8(9)2/h6-7,10H,4-5H2,1-3H3,(H,11,12). The van der Waals surface area contributed by atoms with E-state index < -0.39 is 0 Å². The van der Waals surface area contributed by atoms with Crippen molar-refractivity contribution in [1.82, 2.24) is 15.5 Å². The lowest BCUT2D eigenvalue weighted by molar-refractivity contribution is 0.682. The van der Waals surface area contributed by atoms with E-state index in [1.165, 1.54) is 5.56 Å². The summed E-state index contributed by atoms with van der Waals surface area (Å²) in [6, 6.07) is 0. The van der Waals surface area contributed by atoms with Crippen molar-refractivity contribution < 1.29 is 0 Å². The molecule has 13 heavy (non-hydrogen) atoms. The second-order valence-electron chi connectivity index (χ2n) is 3.20. The fourth-order valence-corrected chi connectivity index (χ4v) is 1.33. The molecule has 2 N–H and O–H groups in total. The van der Waals surface area contributed by atoms with Gasteiger partial charge in [0.1, 0.15) is 0 Å². The molecule has 0 aliphatic carbocycles. The highest BCUT2D eigenvalue weighted by Gasteiger charge is 2.01. The first kappa shape index (κ1) is 10.6. The summed E-state index contributed by atoms with van der Waals surface area (Å²) in [7, 11) is 0. The van der Waals surface area contributed by atoms with Gasteiger partial charge in [-0.1, -0.05) is 6.92 Å². The molecule has 1 aromatic heterocycles. The summed E-state index contributed by atoms with van der Waals surface area (Å²) in [5.41, 5.74) is 2.41. The number of H-pyrrole nitrogens is 1. The highest BCUT2D eigenvalue weighted by atomic mass is 32.2. The third-order valence-electron chi connectivity index (χ3n) is 2.08. The molecule has 0 amide bonds. The molecule has 0 aliphatic rings. The Kier molecular flexibility index (Phi) is 4.32. The van der Waals surface area contributed by atoms with Gasteiger partial charge in [-0.3, -0.25) is 5.10 Å². The Morgan fingerprint density at radius 1 is 1.69 bits per heavy atom. The van der Waals surface area contributed by atoms with Crippen molar-refractivity contribution in [2.75, 3.05) is 12.8 Å². The number of aromatic nitrogens is 2. The molecule has 1 heterocycles. The summed E-state index contributed by atoms with van der Waals surface area (Å²) < 4.78 is 0. The van der Waals surface area contributed by atoms with Crippen molar-refractivity contribution in [1.29, 1.82) is 0 Å². The van der Waals surface area contributed by atoms with Gasteiger partial charge in [-0.25, -0.2) is 0 Å². The molecule has 0 aromatic carbocycles. The third kappa shape index (κ3) is 3.40. The van der Waals surface area contributed by atoms with E-state index in [1.54, 1.807) is 0 Å². The first-order valence-electron chi connectivity index (χ1n) is 4.46. The van der Waals surface area contributed by atoms with Crippen LogP contribution in [0.25, 0.3) is 0 Å². The average Bonchev–Trinajstić information content (AvgIpc) is 2.52. The average molecular weight is 199 g/mol. The minimum atomic E-state index is 0.673. The zero-order chi connectivity index (χ0) is 9.68. The van der Waals surface area contributed by atoms with Crippen molar-refractivity contribution in [2.45, 2.75) is 25.6 Å². The van der Waals surface area contributed by atoms with Crippen LogP contribution < -0.4 is 5.32 Å². The lowest BCUT2D eigenvalue weighted by atomic mass is 10.2. The van der Waals surface area contributed by atoms with E-state index in [0.29, 0.717) is 5.25 Å². The molecule has 1 aromatic rings. The zero-order valence-corrected chi connectivity index (χ0v) is 9.24. The van der Waals surface area contributed by atoms with E-state index in [1.807, 2.05) is 24.9 Å². The van der Waals surface area contributed by atoms with Crippen LogP contribution in [0, 0.1) is 6.92 Å². The molecule has 0 bridgehead atoms. The Morgan fingerprint density at radius 3 is 3.00 bits per heavy atom. The van der Waals surface area contributed by atoms with Crippen LogP contribution in [-0.4, -0.2) is 28.2 Å². The molecule has 0 saturated carbocycles. The topological polar surface area (TPSA) is 40.7 Å². The molecule has 3 nitrogen and oxygen atoms in total. The van der Waals surface area contributed by atoms with Crippen LogP contribution in [0.1, 0.15) is 18.2 Å². The number of thioether (sulfide) groups is 1. The number of hydrogen-bond donors (Lipinski definition) is 2. The Morgan fingerprint density at radius 2 is 2.46 bits per heavy atom. The van der Waals surface area contributed by atoms with Gasteiger partial charge in [0.25, 0.3) is 0 Å². The van der Waals surface area contributed by atoms with Gasteiger partial charge in [-0.2, -0.15) is 16.9 Å². The Balaban J connectivity index is 2.24. The fourth-order valence-electron chi connectivity index (χ4n) is 1.05. The van der Waals surface area contributed by atoms with Crippen LogP contribution in [0.2, 0.25) is 0 Å². The van der Waals surface area contributed by atoms with Gasteiger partial charge in [-0.05, 0) is 13.2 Å². The van der Waals surface area contributed by atoms with Gasteiger partial charge in [0.05, 0.1) is 6.20 Å². The smallest absolute Gasteiger partial charge is 0.0535 e. The summed E-state index contributed by atoms with van der Waals surface area (Å²) in [6.07, 6.45) is 4.02. The molecule has 1 rings (SSSR count). The monoisotopic (exact) mass is 199 g/mol. The summed E-state index contributed by atoms with van der Waals surface area (Å²) in [6.45, 7) is 6.22. The van der Waals surface area contributed by atoms with Crippen LogP contribution in [0.5, 0.6) is 0 Å². The largest absolute Gasteiger partial charge is 0.311 e. The van der Waals surface area contributed by atoms with Gasteiger partial charge in [-0.15, -0.1) is 0 Å². The molecule has 0 saturated heterocycles. The first-order chi connectivity index (χ1) is 6.24. The maximum atomic E-state index is 3.97. The summed E-state index contributed by atoms with van der Waals surface area (Å²) >= 11 is 1.88. The van der Waals surface area contributed by atoms with Crippen LogP contribution in [0.15, 0.2) is 6.20 Å². The molecule has 74 valence electrons. The number of rotatable bonds is 5. The summed E-state index contributed by atoms with van der Waals surface area (Å²) in [4.78, 5) is 0. The second kappa shape index (κ2) is 5.29. The maximum absolute atomic E-state index is 3.97. The summed E-state index contributed by atoms with van der Waals surface area (Å²) in [5, 5.41) is 11.0. The van der Waals surface area contributed by atoms with Crippen molar-refractivity contribution in [3.8, 4) is 0 Å². The molecular formula is C9H17N3S. The van der Waals surface area contributed by atoms with Crippen LogP contribution in [-0.2, 0) is 6.54 Å². The lowest BCUT2D eigenvalue weighted by Gasteiger charge is -2.08. The number of hydrogen-bond acceptors (Lipinski definition) is 3. The molecule has 4 heteroatoms. The number of aryl methyl sites for hydroxylation is 1. The van der Waals surface area contributed by atoms with Gasteiger partial charge in [0.15, 0.2) is 0 Å². The van der Waals surface area contributed by atoms with Crippen molar-refractivity contribution in [3.05, 3.63) is 17.5 Å². The quantitative estimate of drug-likeness (QED) is 0.756. The highest BCUT2D eigenvalue weighted by Crippen LogP contribution is 2.04. The van der Waals surface area contributed by atoms with Crippen molar-refractivity contribution >= 4 is 11.8 Å². The SMILES string of the molecule is CSC(C)CNCc1cn[nH]c1C. The van der Waals surface area contributed by atoms with Gasteiger partial charge in [0.2, 0.25) is 0 Å². The predicted octanol–water partition coefficient (Wildman–Crippen LogP) is 1.56.